The fourth-order valence-corrected chi connectivity index (χ4v) is 2.44. The third-order valence-electron chi connectivity index (χ3n) is 3.67. The topological polar surface area (TPSA) is 55.6 Å². The van der Waals surface area contributed by atoms with Crippen molar-refractivity contribution in [2.75, 3.05) is 12.1 Å². The Kier molecular flexibility index (Phi) is 3.95. The van der Waals surface area contributed by atoms with E-state index in [2.05, 4.69) is 0 Å². The van der Waals surface area contributed by atoms with Crippen LogP contribution in [0, 0.1) is 5.82 Å². The summed E-state index contributed by atoms with van der Waals surface area (Å²) in [5, 5.41) is 1.96. The highest BCUT2D eigenvalue weighted by Gasteiger charge is 2.18. The first-order chi connectivity index (χ1) is 11.1. The molecule has 3 aromatic carbocycles. The van der Waals surface area contributed by atoms with Gasteiger partial charge in [0.15, 0.2) is 0 Å². The smallest absolute Gasteiger partial charge is 0.273 e. The quantitative estimate of drug-likeness (QED) is 0.457. The Labute approximate surface area is 132 Å². The van der Waals surface area contributed by atoms with E-state index in [9.17, 15) is 9.18 Å². The number of hydrazine groups is 1. The Morgan fingerprint density at radius 3 is 2.30 bits per heavy atom. The fraction of sp³-hybridized carbons (Fsp3) is 0.0556. The predicted molar refractivity (Wildman–Crippen MR) is 87.9 cm³/mol. The summed E-state index contributed by atoms with van der Waals surface area (Å²) >= 11 is 0. The minimum atomic E-state index is -0.411. The average Bonchev–Trinajstić information content (AvgIpc) is 2.61. The molecular weight excluding hydrogens is 295 g/mol. The molecule has 1 amide bonds. The van der Waals surface area contributed by atoms with E-state index < -0.39 is 5.91 Å². The summed E-state index contributed by atoms with van der Waals surface area (Å²) in [6, 6.07) is 16.3. The third kappa shape index (κ3) is 2.74. The number of nitrogens with zero attached hydrogens (tertiary/aromatic N) is 1. The van der Waals surface area contributed by atoms with Crippen molar-refractivity contribution >= 4 is 22.4 Å². The molecule has 0 saturated heterocycles. The molecule has 0 bridgehead atoms. The zero-order valence-corrected chi connectivity index (χ0v) is 12.5. The Morgan fingerprint density at radius 1 is 1.00 bits per heavy atom. The van der Waals surface area contributed by atoms with Crippen molar-refractivity contribution in [3.8, 4) is 5.75 Å². The number of hydrogen-bond donors (Lipinski definition) is 1. The van der Waals surface area contributed by atoms with E-state index in [1.165, 1.54) is 12.1 Å². The number of nitrogens with two attached hydrogens (primary N) is 1. The lowest BCUT2D eigenvalue weighted by Gasteiger charge is -2.18. The van der Waals surface area contributed by atoms with E-state index in [-0.39, 0.29) is 5.82 Å². The van der Waals surface area contributed by atoms with Crippen LogP contribution >= 0.6 is 0 Å². The molecular formula is C18H15FN2O2. The number of hydrogen-bond acceptors (Lipinski definition) is 3. The highest BCUT2D eigenvalue weighted by molar-refractivity contribution is 6.13. The van der Waals surface area contributed by atoms with Crippen LogP contribution in [0.4, 0.5) is 10.1 Å². The van der Waals surface area contributed by atoms with E-state index in [0.29, 0.717) is 27.8 Å². The maximum absolute atomic E-state index is 13.9. The standard InChI is InChI=1S/C18H15FN2O2/c1-23-13-8-6-12(7-9-13)21(20)18(22)16-10-11-17(19)15-5-3-2-4-14(15)16/h2-11H,20H2,1H3. The summed E-state index contributed by atoms with van der Waals surface area (Å²) < 4.78 is 18.9. The first kappa shape index (κ1) is 15.0. The highest BCUT2D eigenvalue weighted by atomic mass is 19.1. The molecule has 0 spiro atoms. The molecule has 3 aromatic rings. The third-order valence-corrected chi connectivity index (χ3v) is 3.67. The predicted octanol–water partition coefficient (Wildman–Crippen LogP) is 3.51. The maximum Gasteiger partial charge on any atom is 0.273 e. The van der Waals surface area contributed by atoms with Crippen LogP contribution in [0.5, 0.6) is 5.75 Å². The Hall–Kier alpha value is -2.92. The largest absolute Gasteiger partial charge is 0.497 e. The van der Waals surface area contributed by atoms with E-state index >= 15 is 0 Å². The Balaban J connectivity index is 2.01. The molecule has 0 aromatic heterocycles. The molecule has 0 atom stereocenters. The van der Waals surface area contributed by atoms with Gasteiger partial charge in [-0.25, -0.2) is 15.2 Å². The molecule has 116 valence electrons. The van der Waals surface area contributed by atoms with Gasteiger partial charge in [-0.1, -0.05) is 24.3 Å². The minimum absolute atomic E-state index is 0.348. The number of ether oxygens (including phenoxy) is 1. The number of amides is 1. The lowest BCUT2D eigenvalue weighted by Crippen LogP contribution is -2.37. The van der Waals surface area contributed by atoms with Crippen LogP contribution in [-0.2, 0) is 0 Å². The van der Waals surface area contributed by atoms with Crippen LogP contribution in [0.25, 0.3) is 10.8 Å². The molecule has 3 rings (SSSR count). The molecule has 0 fully saturated rings. The normalized spacial score (nSPS) is 10.6. The number of rotatable bonds is 3. The zero-order valence-electron chi connectivity index (χ0n) is 12.5. The second-order valence-electron chi connectivity index (χ2n) is 5.01. The lowest BCUT2D eigenvalue weighted by molar-refractivity contribution is 0.0988. The summed E-state index contributed by atoms with van der Waals surface area (Å²) in [5.41, 5.74) is 0.865. The average molecular weight is 310 g/mol. The van der Waals surface area contributed by atoms with E-state index in [4.69, 9.17) is 10.6 Å². The van der Waals surface area contributed by atoms with E-state index in [1.807, 2.05) is 0 Å². The van der Waals surface area contributed by atoms with Gasteiger partial charge in [-0.05, 0) is 41.8 Å². The number of methoxy groups -OCH3 is 1. The van der Waals surface area contributed by atoms with Gasteiger partial charge in [0, 0.05) is 10.9 Å². The SMILES string of the molecule is COc1ccc(N(N)C(=O)c2ccc(F)c3ccccc23)cc1. The van der Waals surface area contributed by atoms with Crippen LogP contribution in [0.3, 0.4) is 0 Å². The van der Waals surface area contributed by atoms with Gasteiger partial charge in [-0.15, -0.1) is 0 Å². The van der Waals surface area contributed by atoms with Gasteiger partial charge in [0.2, 0.25) is 0 Å². The number of benzene rings is 3. The Morgan fingerprint density at radius 2 is 1.65 bits per heavy atom. The molecule has 2 N–H and O–H groups in total. The van der Waals surface area contributed by atoms with Crippen LogP contribution in [0.1, 0.15) is 10.4 Å². The number of carbonyl (C=O) groups excluding carboxylic acids is 1. The maximum atomic E-state index is 13.9. The summed E-state index contributed by atoms with van der Waals surface area (Å²) in [7, 11) is 1.56. The molecule has 0 unspecified atom stereocenters. The van der Waals surface area contributed by atoms with Crippen LogP contribution in [-0.4, -0.2) is 13.0 Å². The molecule has 23 heavy (non-hydrogen) atoms. The second-order valence-corrected chi connectivity index (χ2v) is 5.01. The summed E-state index contributed by atoms with van der Waals surface area (Å²) in [6.07, 6.45) is 0. The molecule has 0 aliphatic rings. The first-order valence-electron chi connectivity index (χ1n) is 7.02. The molecule has 4 nitrogen and oxygen atoms in total. The molecule has 0 radical (unpaired) electrons. The molecule has 0 saturated carbocycles. The van der Waals surface area contributed by atoms with Crippen LogP contribution < -0.4 is 15.6 Å². The van der Waals surface area contributed by atoms with Crippen molar-refractivity contribution in [1.82, 2.24) is 0 Å². The first-order valence-corrected chi connectivity index (χ1v) is 7.02. The van der Waals surface area contributed by atoms with Gasteiger partial charge >= 0.3 is 0 Å². The zero-order chi connectivity index (χ0) is 16.4. The molecule has 0 aliphatic heterocycles. The van der Waals surface area contributed by atoms with Crippen molar-refractivity contribution < 1.29 is 13.9 Å². The summed E-state index contributed by atoms with van der Waals surface area (Å²) in [4.78, 5) is 12.7. The van der Waals surface area contributed by atoms with Gasteiger partial charge in [-0.3, -0.25) is 4.79 Å². The highest BCUT2D eigenvalue weighted by Crippen LogP contribution is 2.24. The van der Waals surface area contributed by atoms with Crippen molar-refractivity contribution in [2.24, 2.45) is 5.84 Å². The number of anilines is 1. The lowest BCUT2D eigenvalue weighted by atomic mass is 10.0. The summed E-state index contributed by atoms with van der Waals surface area (Å²) in [6.45, 7) is 0. The van der Waals surface area contributed by atoms with E-state index in [0.717, 1.165) is 5.01 Å². The second kappa shape index (κ2) is 6.06. The van der Waals surface area contributed by atoms with Crippen molar-refractivity contribution in [2.45, 2.75) is 0 Å². The minimum Gasteiger partial charge on any atom is -0.497 e. The summed E-state index contributed by atoms with van der Waals surface area (Å²) in [5.74, 6) is 5.83. The number of fused-ring (bicyclic) bond motifs is 1. The van der Waals surface area contributed by atoms with Crippen molar-refractivity contribution in [3.63, 3.8) is 0 Å². The molecule has 0 aliphatic carbocycles. The van der Waals surface area contributed by atoms with Gasteiger partial charge in [0.1, 0.15) is 11.6 Å². The fourth-order valence-electron chi connectivity index (χ4n) is 2.44. The molecule has 5 heteroatoms. The van der Waals surface area contributed by atoms with E-state index in [1.54, 1.807) is 55.6 Å². The number of halogens is 1. The van der Waals surface area contributed by atoms with Crippen LogP contribution in [0.2, 0.25) is 0 Å². The van der Waals surface area contributed by atoms with Gasteiger partial charge in [0.25, 0.3) is 5.91 Å². The van der Waals surface area contributed by atoms with Gasteiger partial charge in [0.05, 0.1) is 12.8 Å². The van der Waals surface area contributed by atoms with Crippen LogP contribution in [0.15, 0.2) is 60.7 Å². The number of carbonyl (C=O) groups is 1. The van der Waals surface area contributed by atoms with Gasteiger partial charge < -0.3 is 4.74 Å². The van der Waals surface area contributed by atoms with Crippen molar-refractivity contribution in [3.05, 3.63) is 72.0 Å². The monoisotopic (exact) mass is 310 g/mol. The molecule has 0 heterocycles. The Bertz CT molecular complexity index is 863. The van der Waals surface area contributed by atoms with Crippen molar-refractivity contribution in [1.29, 1.82) is 0 Å². The van der Waals surface area contributed by atoms with Gasteiger partial charge in [-0.2, -0.15) is 0 Å².